The van der Waals surface area contributed by atoms with E-state index in [1.807, 2.05) is 7.05 Å². The molecule has 0 atom stereocenters. The van der Waals surface area contributed by atoms with Crippen molar-refractivity contribution in [2.45, 2.75) is 39.5 Å². The highest BCUT2D eigenvalue weighted by Gasteiger charge is 2.41. The average Bonchev–Trinajstić information content (AvgIpc) is 2.21. The summed E-state index contributed by atoms with van der Waals surface area (Å²) in [5.41, 5.74) is -0.475. The van der Waals surface area contributed by atoms with Gasteiger partial charge in [-0.2, -0.15) is 0 Å². The van der Waals surface area contributed by atoms with E-state index in [9.17, 15) is 9.90 Å². The summed E-state index contributed by atoms with van der Waals surface area (Å²) in [5.74, 6) is 0.0964. The Bertz CT molecular complexity index is 220. The summed E-state index contributed by atoms with van der Waals surface area (Å²) in [7, 11) is 2.00. The summed E-state index contributed by atoms with van der Waals surface area (Å²) < 4.78 is 0. The molecule has 3 nitrogen and oxygen atoms in total. The normalized spacial score (nSPS) is 31.9. The zero-order valence-electron chi connectivity index (χ0n) is 10.1. The van der Waals surface area contributed by atoms with Crippen LogP contribution in [0.1, 0.15) is 39.5 Å². The molecule has 0 spiro atoms. The molecule has 0 aromatic heterocycles. The van der Waals surface area contributed by atoms with Crippen LogP contribution in [0.3, 0.4) is 0 Å². The number of aliphatic carboxylic acids is 1. The van der Waals surface area contributed by atoms with Crippen molar-refractivity contribution in [3.05, 3.63) is 0 Å². The Morgan fingerprint density at radius 3 is 2.40 bits per heavy atom. The molecular formula is C12H23NO2. The van der Waals surface area contributed by atoms with Gasteiger partial charge in [0.2, 0.25) is 0 Å². The molecular weight excluding hydrogens is 190 g/mol. The topological polar surface area (TPSA) is 40.5 Å². The van der Waals surface area contributed by atoms with E-state index in [0.29, 0.717) is 12.5 Å². The lowest BCUT2D eigenvalue weighted by Crippen LogP contribution is -2.44. The van der Waals surface area contributed by atoms with E-state index in [1.54, 1.807) is 0 Å². The SMILES string of the molecule is CCN(C)CC1(C(=O)O)CCC(C)CC1. The lowest BCUT2D eigenvalue weighted by atomic mass is 9.70. The minimum atomic E-state index is -0.602. The number of rotatable bonds is 4. The van der Waals surface area contributed by atoms with Gasteiger partial charge in [0.05, 0.1) is 5.41 Å². The molecule has 1 aliphatic rings. The van der Waals surface area contributed by atoms with E-state index in [4.69, 9.17) is 0 Å². The number of carboxylic acid groups (broad SMARTS) is 1. The number of nitrogens with zero attached hydrogens (tertiary/aromatic N) is 1. The van der Waals surface area contributed by atoms with Crippen molar-refractivity contribution in [3.8, 4) is 0 Å². The second kappa shape index (κ2) is 4.97. The molecule has 3 heteroatoms. The molecule has 1 saturated carbocycles. The standard InChI is InChI=1S/C12H23NO2/c1-4-13(3)9-12(11(14)15)7-5-10(2)6-8-12/h10H,4-9H2,1-3H3,(H,14,15). The van der Waals surface area contributed by atoms with Crippen LogP contribution in [0.15, 0.2) is 0 Å². The van der Waals surface area contributed by atoms with E-state index in [-0.39, 0.29) is 0 Å². The Kier molecular flexibility index (Phi) is 4.14. The van der Waals surface area contributed by atoms with E-state index in [0.717, 1.165) is 32.2 Å². The maximum Gasteiger partial charge on any atom is 0.310 e. The maximum atomic E-state index is 11.4. The van der Waals surface area contributed by atoms with Gasteiger partial charge in [0, 0.05) is 6.54 Å². The molecule has 1 fully saturated rings. The third-order valence-corrected chi connectivity index (χ3v) is 3.80. The van der Waals surface area contributed by atoms with Crippen molar-refractivity contribution < 1.29 is 9.90 Å². The minimum absolute atomic E-state index is 0.475. The first-order valence-corrected chi connectivity index (χ1v) is 5.92. The van der Waals surface area contributed by atoms with Crippen LogP contribution in [0.5, 0.6) is 0 Å². The van der Waals surface area contributed by atoms with Gasteiger partial charge in [0.1, 0.15) is 0 Å². The van der Waals surface area contributed by atoms with Crippen molar-refractivity contribution in [3.63, 3.8) is 0 Å². The fourth-order valence-electron chi connectivity index (χ4n) is 2.38. The molecule has 1 rings (SSSR count). The molecule has 88 valence electrons. The Labute approximate surface area is 92.5 Å². The van der Waals surface area contributed by atoms with Gasteiger partial charge in [0.15, 0.2) is 0 Å². The van der Waals surface area contributed by atoms with E-state index in [2.05, 4.69) is 18.7 Å². The fraction of sp³-hybridized carbons (Fsp3) is 0.917. The fourth-order valence-corrected chi connectivity index (χ4v) is 2.38. The molecule has 1 N–H and O–H groups in total. The summed E-state index contributed by atoms with van der Waals surface area (Å²) in [6, 6.07) is 0. The van der Waals surface area contributed by atoms with Crippen LogP contribution in [0.25, 0.3) is 0 Å². The van der Waals surface area contributed by atoms with Gasteiger partial charge in [-0.3, -0.25) is 4.79 Å². The van der Waals surface area contributed by atoms with Gasteiger partial charge in [-0.1, -0.05) is 13.8 Å². The predicted molar refractivity (Wildman–Crippen MR) is 60.9 cm³/mol. The van der Waals surface area contributed by atoms with Gasteiger partial charge in [-0.05, 0) is 45.2 Å². The Hall–Kier alpha value is -0.570. The number of hydrogen-bond acceptors (Lipinski definition) is 2. The number of carbonyl (C=O) groups is 1. The molecule has 0 aromatic carbocycles. The van der Waals surface area contributed by atoms with E-state index < -0.39 is 11.4 Å². The van der Waals surface area contributed by atoms with Gasteiger partial charge in [-0.25, -0.2) is 0 Å². The molecule has 0 aliphatic heterocycles. The van der Waals surface area contributed by atoms with Crippen LogP contribution in [-0.4, -0.2) is 36.1 Å². The van der Waals surface area contributed by atoms with Crippen LogP contribution in [0, 0.1) is 11.3 Å². The van der Waals surface area contributed by atoms with Crippen LogP contribution in [0.4, 0.5) is 0 Å². The highest BCUT2D eigenvalue weighted by Crippen LogP contribution is 2.39. The van der Waals surface area contributed by atoms with Crippen LogP contribution in [-0.2, 0) is 4.79 Å². The predicted octanol–water partition coefficient (Wildman–Crippen LogP) is 2.22. The third kappa shape index (κ3) is 2.94. The second-order valence-electron chi connectivity index (χ2n) is 5.10. The lowest BCUT2D eigenvalue weighted by molar-refractivity contribution is -0.152. The van der Waals surface area contributed by atoms with Gasteiger partial charge < -0.3 is 10.0 Å². The smallest absolute Gasteiger partial charge is 0.310 e. The molecule has 0 heterocycles. The number of carboxylic acids is 1. The highest BCUT2D eigenvalue weighted by atomic mass is 16.4. The first-order valence-electron chi connectivity index (χ1n) is 5.92. The molecule has 0 bridgehead atoms. The first kappa shape index (κ1) is 12.5. The molecule has 1 aliphatic carbocycles. The Morgan fingerprint density at radius 1 is 1.47 bits per heavy atom. The van der Waals surface area contributed by atoms with E-state index in [1.165, 1.54) is 0 Å². The zero-order valence-corrected chi connectivity index (χ0v) is 10.1. The molecule has 15 heavy (non-hydrogen) atoms. The monoisotopic (exact) mass is 213 g/mol. The second-order valence-corrected chi connectivity index (χ2v) is 5.10. The summed E-state index contributed by atoms with van der Waals surface area (Å²) in [5, 5.41) is 9.39. The number of hydrogen-bond donors (Lipinski definition) is 1. The quantitative estimate of drug-likeness (QED) is 0.778. The third-order valence-electron chi connectivity index (χ3n) is 3.80. The highest BCUT2D eigenvalue weighted by molar-refractivity contribution is 5.75. The molecule has 0 saturated heterocycles. The minimum Gasteiger partial charge on any atom is -0.481 e. The van der Waals surface area contributed by atoms with Crippen LogP contribution >= 0.6 is 0 Å². The maximum absolute atomic E-state index is 11.4. The van der Waals surface area contributed by atoms with Crippen LogP contribution in [0.2, 0.25) is 0 Å². The van der Waals surface area contributed by atoms with Crippen LogP contribution < -0.4 is 0 Å². The Balaban J connectivity index is 2.67. The largest absolute Gasteiger partial charge is 0.481 e. The Morgan fingerprint density at radius 2 is 2.00 bits per heavy atom. The van der Waals surface area contributed by atoms with Crippen molar-refractivity contribution in [1.29, 1.82) is 0 Å². The van der Waals surface area contributed by atoms with E-state index >= 15 is 0 Å². The summed E-state index contributed by atoms with van der Waals surface area (Å²) >= 11 is 0. The van der Waals surface area contributed by atoms with Crippen molar-refractivity contribution >= 4 is 5.97 Å². The van der Waals surface area contributed by atoms with Crippen molar-refractivity contribution in [1.82, 2.24) is 4.90 Å². The van der Waals surface area contributed by atoms with Crippen molar-refractivity contribution in [2.24, 2.45) is 11.3 Å². The van der Waals surface area contributed by atoms with Crippen molar-refractivity contribution in [2.75, 3.05) is 20.1 Å². The first-order chi connectivity index (χ1) is 7.00. The van der Waals surface area contributed by atoms with Gasteiger partial charge in [0.25, 0.3) is 0 Å². The lowest BCUT2D eigenvalue weighted by Gasteiger charge is -2.38. The zero-order chi connectivity index (χ0) is 11.5. The molecule has 0 radical (unpaired) electrons. The molecule has 0 aromatic rings. The van der Waals surface area contributed by atoms with Gasteiger partial charge in [-0.15, -0.1) is 0 Å². The van der Waals surface area contributed by atoms with Gasteiger partial charge >= 0.3 is 5.97 Å². The molecule has 0 amide bonds. The summed E-state index contributed by atoms with van der Waals surface area (Å²) in [6.45, 7) is 5.91. The molecule has 0 unspecified atom stereocenters. The average molecular weight is 213 g/mol. The summed E-state index contributed by atoms with van der Waals surface area (Å²) in [6.07, 6.45) is 3.80. The summed E-state index contributed by atoms with van der Waals surface area (Å²) in [4.78, 5) is 13.5.